The smallest absolute Gasteiger partial charge is 0.219 e. The third-order valence-electron chi connectivity index (χ3n) is 2.79. The van der Waals surface area contributed by atoms with E-state index in [9.17, 15) is 4.79 Å². The zero-order valence-corrected chi connectivity index (χ0v) is 9.33. The summed E-state index contributed by atoms with van der Waals surface area (Å²) in [5, 5.41) is 0. The maximum absolute atomic E-state index is 11.4. The van der Waals surface area contributed by atoms with Gasteiger partial charge >= 0.3 is 0 Å². The van der Waals surface area contributed by atoms with Crippen LogP contribution in [0.25, 0.3) is 0 Å². The van der Waals surface area contributed by atoms with E-state index in [0.717, 1.165) is 25.8 Å². The molecule has 0 aromatic carbocycles. The predicted octanol–water partition coefficient (Wildman–Crippen LogP) is 2.74. The van der Waals surface area contributed by atoms with E-state index < -0.39 is 0 Å². The first-order chi connectivity index (χ1) is 6.75. The Bertz CT molecular complexity index is 210. The van der Waals surface area contributed by atoms with E-state index >= 15 is 0 Å². The number of hydrogen-bond acceptors (Lipinski definition) is 1. The van der Waals surface area contributed by atoms with Crippen LogP contribution < -0.4 is 0 Å². The lowest BCUT2D eigenvalue weighted by Crippen LogP contribution is -2.39. The summed E-state index contributed by atoms with van der Waals surface area (Å²) >= 11 is 0. The highest BCUT2D eigenvalue weighted by Gasteiger charge is 2.18. The average molecular weight is 195 g/mol. The van der Waals surface area contributed by atoms with Crippen LogP contribution in [0.2, 0.25) is 0 Å². The second-order valence-corrected chi connectivity index (χ2v) is 3.99. The molecule has 0 saturated carbocycles. The Balaban J connectivity index is 2.52. The molecular formula is C12H21NO. The summed E-state index contributed by atoms with van der Waals surface area (Å²) < 4.78 is 0. The van der Waals surface area contributed by atoms with E-state index in [1.54, 1.807) is 6.92 Å². The van der Waals surface area contributed by atoms with Crippen molar-refractivity contribution in [2.45, 2.75) is 52.0 Å². The lowest BCUT2D eigenvalue weighted by atomic mass is 10.0. The summed E-state index contributed by atoms with van der Waals surface area (Å²) in [6.45, 7) is 4.76. The van der Waals surface area contributed by atoms with Crippen LogP contribution in [-0.4, -0.2) is 23.4 Å². The Morgan fingerprint density at radius 1 is 1.57 bits per heavy atom. The lowest BCUT2D eigenvalue weighted by Gasteiger charge is -2.30. The molecule has 0 spiro atoms. The molecule has 0 aliphatic heterocycles. The van der Waals surface area contributed by atoms with Crippen LogP contribution in [-0.2, 0) is 4.79 Å². The first-order valence-electron chi connectivity index (χ1n) is 5.69. The second kappa shape index (κ2) is 5.84. The fourth-order valence-corrected chi connectivity index (χ4v) is 1.94. The molecule has 1 aliphatic carbocycles. The Morgan fingerprint density at radius 2 is 2.36 bits per heavy atom. The fourth-order valence-electron chi connectivity index (χ4n) is 1.94. The zero-order chi connectivity index (χ0) is 10.4. The van der Waals surface area contributed by atoms with Crippen molar-refractivity contribution in [3.63, 3.8) is 0 Å². The van der Waals surface area contributed by atoms with Gasteiger partial charge in [-0.3, -0.25) is 4.79 Å². The molecule has 0 fully saturated rings. The molecular weight excluding hydrogens is 174 g/mol. The van der Waals surface area contributed by atoms with Gasteiger partial charge in [-0.2, -0.15) is 0 Å². The van der Waals surface area contributed by atoms with E-state index in [2.05, 4.69) is 19.1 Å². The normalized spacial score (nSPS) is 20.9. The number of unbranched alkanes of at least 4 members (excludes halogenated alkanes) is 1. The van der Waals surface area contributed by atoms with Crippen LogP contribution in [0, 0.1) is 0 Å². The standard InChI is InChI=1S/C12H21NO/c1-3-4-10-13(11(2)14)12-8-6-5-7-9-12/h6,8,12H,3-5,7,9-10H2,1-2H3/t12-/m0/s1. The average Bonchev–Trinajstić information content (AvgIpc) is 2.19. The molecule has 2 nitrogen and oxygen atoms in total. The largest absolute Gasteiger partial charge is 0.337 e. The maximum Gasteiger partial charge on any atom is 0.219 e. The van der Waals surface area contributed by atoms with Crippen molar-refractivity contribution in [3.05, 3.63) is 12.2 Å². The highest BCUT2D eigenvalue weighted by Crippen LogP contribution is 2.17. The molecule has 1 aliphatic rings. The van der Waals surface area contributed by atoms with Gasteiger partial charge in [-0.15, -0.1) is 0 Å². The van der Waals surface area contributed by atoms with Gasteiger partial charge in [-0.05, 0) is 25.7 Å². The Labute approximate surface area is 87.0 Å². The van der Waals surface area contributed by atoms with Crippen molar-refractivity contribution in [1.29, 1.82) is 0 Å². The zero-order valence-electron chi connectivity index (χ0n) is 9.33. The SMILES string of the molecule is CCCCN(C(C)=O)[C@H]1C=CCCC1. The molecule has 1 rings (SSSR count). The van der Waals surface area contributed by atoms with Gasteiger partial charge < -0.3 is 4.90 Å². The van der Waals surface area contributed by atoms with Gasteiger partial charge in [0.1, 0.15) is 0 Å². The van der Waals surface area contributed by atoms with Crippen molar-refractivity contribution < 1.29 is 4.79 Å². The van der Waals surface area contributed by atoms with E-state index in [-0.39, 0.29) is 5.91 Å². The topological polar surface area (TPSA) is 20.3 Å². The van der Waals surface area contributed by atoms with Crippen LogP contribution >= 0.6 is 0 Å². The molecule has 2 heteroatoms. The summed E-state index contributed by atoms with van der Waals surface area (Å²) in [5.74, 6) is 0.218. The second-order valence-electron chi connectivity index (χ2n) is 3.99. The minimum Gasteiger partial charge on any atom is -0.337 e. The molecule has 0 bridgehead atoms. The highest BCUT2D eigenvalue weighted by atomic mass is 16.2. The van der Waals surface area contributed by atoms with Crippen molar-refractivity contribution in [2.24, 2.45) is 0 Å². The molecule has 0 radical (unpaired) electrons. The molecule has 1 atom stereocenters. The molecule has 0 aromatic heterocycles. The molecule has 14 heavy (non-hydrogen) atoms. The maximum atomic E-state index is 11.4. The van der Waals surface area contributed by atoms with E-state index in [1.807, 2.05) is 4.90 Å². The number of rotatable bonds is 4. The summed E-state index contributed by atoms with van der Waals surface area (Å²) in [4.78, 5) is 13.5. The number of nitrogens with zero attached hydrogens (tertiary/aromatic N) is 1. The molecule has 0 N–H and O–H groups in total. The monoisotopic (exact) mass is 195 g/mol. The van der Waals surface area contributed by atoms with Gasteiger partial charge in [0.15, 0.2) is 0 Å². The van der Waals surface area contributed by atoms with Gasteiger partial charge in [0, 0.05) is 19.5 Å². The Hall–Kier alpha value is -0.790. The van der Waals surface area contributed by atoms with Crippen molar-refractivity contribution >= 4 is 5.91 Å². The van der Waals surface area contributed by atoms with Gasteiger partial charge in [-0.25, -0.2) is 0 Å². The molecule has 0 unspecified atom stereocenters. The molecule has 0 heterocycles. The molecule has 0 aromatic rings. The van der Waals surface area contributed by atoms with Crippen LogP contribution in [0.4, 0.5) is 0 Å². The van der Waals surface area contributed by atoms with Crippen molar-refractivity contribution in [3.8, 4) is 0 Å². The van der Waals surface area contributed by atoms with Gasteiger partial charge in [-0.1, -0.05) is 25.5 Å². The van der Waals surface area contributed by atoms with Crippen LogP contribution in [0.15, 0.2) is 12.2 Å². The fraction of sp³-hybridized carbons (Fsp3) is 0.750. The highest BCUT2D eigenvalue weighted by molar-refractivity contribution is 5.73. The molecule has 80 valence electrons. The quantitative estimate of drug-likeness (QED) is 0.632. The van der Waals surface area contributed by atoms with Gasteiger partial charge in [0.2, 0.25) is 5.91 Å². The Kier molecular flexibility index (Phi) is 4.71. The Morgan fingerprint density at radius 3 is 2.86 bits per heavy atom. The van der Waals surface area contributed by atoms with E-state index in [4.69, 9.17) is 0 Å². The van der Waals surface area contributed by atoms with Crippen LogP contribution in [0.1, 0.15) is 46.0 Å². The third kappa shape index (κ3) is 3.17. The van der Waals surface area contributed by atoms with E-state index in [0.29, 0.717) is 6.04 Å². The van der Waals surface area contributed by atoms with Crippen LogP contribution in [0.3, 0.4) is 0 Å². The number of allylic oxidation sites excluding steroid dienone is 1. The van der Waals surface area contributed by atoms with E-state index in [1.165, 1.54) is 12.8 Å². The number of carbonyl (C=O) groups excluding carboxylic acids is 1. The number of amides is 1. The van der Waals surface area contributed by atoms with Crippen molar-refractivity contribution in [2.75, 3.05) is 6.54 Å². The predicted molar refractivity (Wildman–Crippen MR) is 59.1 cm³/mol. The molecule has 1 amide bonds. The van der Waals surface area contributed by atoms with Gasteiger partial charge in [0.05, 0.1) is 0 Å². The number of carbonyl (C=O) groups is 1. The number of hydrogen-bond donors (Lipinski definition) is 0. The lowest BCUT2D eigenvalue weighted by molar-refractivity contribution is -0.130. The molecule has 0 saturated heterocycles. The van der Waals surface area contributed by atoms with Gasteiger partial charge in [0.25, 0.3) is 0 Å². The van der Waals surface area contributed by atoms with Crippen LogP contribution in [0.5, 0.6) is 0 Å². The summed E-state index contributed by atoms with van der Waals surface area (Å²) in [6.07, 6.45) is 10.2. The minimum absolute atomic E-state index is 0.218. The first kappa shape index (κ1) is 11.3. The third-order valence-corrected chi connectivity index (χ3v) is 2.79. The summed E-state index contributed by atoms with van der Waals surface area (Å²) in [7, 11) is 0. The summed E-state index contributed by atoms with van der Waals surface area (Å²) in [5.41, 5.74) is 0. The summed E-state index contributed by atoms with van der Waals surface area (Å²) in [6, 6.07) is 0.368. The minimum atomic E-state index is 0.218. The van der Waals surface area contributed by atoms with Crippen molar-refractivity contribution in [1.82, 2.24) is 4.90 Å². The first-order valence-corrected chi connectivity index (χ1v) is 5.69.